The summed E-state index contributed by atoms with van der Waals surface area (Å²) in [6.45, 7) is 0. The van der Waals surface area contributed by atoms with Crippen molar-refractivity contribution in [3.63, 3.8) is 0 Å². The van der Waals surface area contributed by atoms with Crippen molar-refractivity contribution < 1.29 is 9.72 Å². The molecule has 0 aliphatic heterocycles. The van der Waals surface area contributed by atoms with Crippen LogP contribution in [-0.4, -0.2) is 10.8 Å². The average molecular weight is 283 g/mol. The Balaban J connectivity index is 2.09. The number of hydrogen-bond acceptors (Lipinski definition) is 4. The molecule has 0 aromatic heterocycles. The number of benzene rings is 2. The van der Waals surface area contributed by atoms with Crippen LogP contribution in [0, 0.1) is 10.1 Å². The highest BCUT2D eigenvalue weighted by molar-refractivity contribution is 6.02. The SMILES string of the molecule is Nc1ccc(NC(=O)C=Cc2ccccc2[N+](=O)[O-])cc1. The van der Waals surface area contributed by atoms with E-state index in [1.165, 1.54) is 18.2 Å². The number of nitrogen functional groups attached to an aromatic ring is 1. The van der Waals surface area contributed by atoms with Gasteiger partial charge in [-0.1, -0.05) is 12.1 Å². The van der Waals surface area contributed by atoms with Gasteiger partial charge in [-0.05, 0) is 36.4 Å². The van der Waals surface area contributed by atoms with Crippen LogP contribution in [0.25, 0.3) is 6.08 Å². The second-order valence-corrected chi connectivity index (χ2v) is 4.26. The Kier molecular flexibility index (Phi) is 4.30. The zero-order valence-corrected chi connectivity index (χ0v) is 11.0. The molecule has 0 aliphatic rings. The van der Waals surface area contributed by atoms with Crippen LogP contribution >= 0.6 is 0 Å². The Hall–Kier alpha value is -3.15. The first-order valence-electron chi connectivity index (χ1n) is 6.14. The maximum atomic E-state index is 11.8. The number of carbonyl (C=O) groups is 1. The van der Waals surface area contributed by atoms with E-state index in [-0.39, 0.29) is 11.6 Å². The van der Waals surface area contributed by atoms with E-state index in [4.69, 9.17) is 5.73 Å². The molecule has 1 amide bonds. The maximum Gasteiger partial charge on any atom is 0.276 e. The average Bonchev–Trinajstić information content (AvgIpc) is 2.48. The van der Waals surface area contributed by atoms with Crippen molar-refractivity contribution in [2.24, 2.45) is 0 Å². The van der Waals surface area contributed by atoms with Crippen LogP contribution in [0.4, 0.5) is 17.1 Å². The lowest BCUT2D eigenvalue weighted by Gasteiger charge is -2.02. The fourth-order valence-electron chi connectivity index (χ4n) is 1.71. The Morgan fingerprint density at radius 1 is 1.14 bits per heavy atom. The number of nitrogens with zero attached hydrogens (tertiary/aromatic N) is 1. The number of rotatable bonds is 4. The van der Waals surface area contributed by atoms with Crippen molar-refractivity contribution in [2.45, 2.75) is 0 Å². The first-order chi connectivity index (χ1) is 10.1. The highest BCUT2D eigenvalue weighted by Crippen LogP contribution is 2.19. The Labute approximate surface area is 121 Å². The van der Waals surface area contributed by atoms with Crippen LogP contribution in [0.15, 0.2) is 54.6 Å². The molecule has 0 bridgehead atoms. The van der Waals surface area contributed by atoms with Gasteiger partial charge in [0.15, 0.2) is 0 Å². The van der Waals surface area contributed by atoms with Crippen molar-refractivity contribution in [1.29, 1.82) is 0 Å². The fraction of sp³-hybridized carbons (Fsp3) is 0. The zero-order chi connectivity index (χ0) is 15.2. The Morgan fingerprint density at radius 3 is 2.48 bits per heavy atom. The molecule has 0 unspecified atom stereocenters. The van der Waals surface area contributed by atoms with Crippen LogP contribution < -0.4 is 11.1 Å². The van der Waals surface area contributed by atoms with Gasteiger partial charge in [0.1, 0.15) is 0 Å². The predicted octanol–water partition coefficient (Wildman–Crippen LogP) is 2.83. The Bertz CT molecular complexity index is 694. The van der Waals surface area contributed by atoms with Gasteiger partial charge in [-0.2, -0.15) is 0 Å². The third kappa shape index (κ3) is 3.90. The summed E-state index contributed by atoms with van der Waals surface area (Å²) in [5, 5.41) is 13.5. The van der Waals surface area contributed by atoms with E-state index in [1.807, 2.05) is 0 Å². The number of nitrogens with two attached hydrogens (primary N) is 1. The molecule has 6 nitrogen and oxygen atoms in total. The zero-order valence-electron chi connectivity index (χ0n) is 11.0. The lowest BCUT2D eigenvalue weighted by atomic mass is 10.1. The second kappa shape index (κ2) is 6.33. The lowest BCUT2D eigenvalue weighted by Crippen LogP contribution is -2.07. The van der Waals surface area contributed by atoms with Crippen LogP contribution in [0.1, 0.15) is 5.56 Å². The van der Waals surface area contributed by atoms with Crippen LogP contribution in [-0.2, 0) is 4.79 Å². The largest absolute Gasteiger partial charge is 0.399 e. The number of carbonyl (C=O) groups excluding carboxylic acids is 1. The molecule has 6 heteroatoms. The highest BCUT2D eigenvalue weighted by Gasteiger charge is 2.09. The molecule has 0 spiro atoms. The molecule has 0 saturated heterocycles. The third-order valence-corrected chi connectivity index (χ3v) is 2.73. The van der Waals surface area contributed by atoms with Gasteiger partial charge in [0, 0.05) is 23.5 Å². The molecular weight excluding hydrogens is 270 g/mol. The number of para-hydroxylation sites is 1. The van der Waals surface area contributed by atoms with Gasteiger partial charge in [0.25, 0.3) is 5.69 Å². The number of nitro groups is 1. The molecule has 21 heavy (non-hydrogen) atoms. The fourth-order valence-corrected chi connectivity index (χ4v) is 1.71. The summed E-state index contributed by atoms with van der Waals surface area (Å²) < 4.78 is 0. The van der Waals surface area contributed by atoms with Crippen LogP contribution in [0.5, 0.6) is 0 Å². The molecule has 0 radical (unpaired) electrons. The molecule has 2 aromatic carbocycles. The first kappa shape index (κ1) is 14.3. The molecule has 2 rings (SSSR count). The number of hydrogen-bond donors (Lipinski definition) is 2. The standard InChI is InChI=1S/C15H13N3O3/c16-12-6-8-13(9-7-12)17-15(19)10-5-11-3-1-2-4-14(11)18(20)21/h1-10H,16H2,(H,17,19). The molecule has 3 N–H and O–H groups in total. The van der Waals surface area contributed by atoms with Crippen molar-refractivity contribution in [2.75, 3.05) is 11.1 Å². The van der Waals surface area contributed by atoms with Gasteiger partial charge in [0.2, 0.25) is 5.91 Å². The van der Waals surface area contributed by atoms with E-state index in [0.717, 1.165) is 0 Å². The Morgan fingerprint density at radius 2 is 1.81 bits per heavy atom. The summed E-state index contributed by atoms with van der Waals surface area (Å²) >= 11 is 0. The molecule has 0 heterocycles. The van der Waals surface area contributed by atoms with Gasteiger partial charge >= 0.3 is 0 Å². The van der Waals surface area contributed by atoms with E-state index in [2.05, 4.69) is 5.32 Å². The van der Waals surface area contributed by atoms with Crippen molar-refractivity contribution in [3.05, 3.63) is 70.3 Å². The minimum absolute atomic E-state index is 0.0472. The van der Waals surface area contributed by atoms with Gasteiger partial charge in [-0.25, -0.2) is 0 Å². The van der Waals surface area contributed by atoms with Gasteiger partial charge in [-0.15, -0.1) is 0 Å². The summed E-state index contributed by atoms with van der Waals surface area (Å²) in [4.78, 5) is 22.1. The lowest BCUT2D eigenvalue weighted by molar-refractivity contribution is -0.385. The summed E-state index contributed by atoms with van der Waals surface area (Å²) in [7, 11) is 0. The van der Waals surface area contributed by atoms with E-state index < -0.39 is 4.92 Å². The van der Waals surface area contributed by atoms with E-state index in [1.54, 1.807) is 42.5 Å². The van der Waals surface area contributed by atoms with Crippen molar-refractivity contribution in [3.8, 4) is 0 Å². The molecule has 106 valence electrons. The number of nitro benzene ring substituents is 1. The van der Waals surface area contributed by atoms with E-state index in [0.29, 0.717) is 16.9 Å². The van der Waals surface area contributed by atoms with Crippen LogP contribution in [0.3, 0.4) is 0 Å². The molecule has 0 fully saturated rings. The van der Waals surface area contributed by atoms with E-state index >= 15 is 0 Å². The number of nitrogens with one attached hydrogen (secondary N) is 1. The quantitative estimate of drug-likeness (QED) is 0.390. The van der Waals surface area contributed by atoms with Crippen molar-refractivity contribution in [1.82, 2.24) is 0 Å². The molecule has 0 atom stereocenters. The van der Waals surface area contributed by atoms with Crippen LogP contribution in [0.2, 0.25) is 0 Å². The van der Waals surface area contributed by atoms with Gasteiger partial charge in [0.05, 0.1) is 10.5 Å². The molecule has 2 aromatic rings. The van der Waals surface area contributed by atoms with Crippen molar-refractivity contribution >= 4 is 29.0 Å². The first-order valence-corrected chi connectivity index (χ1v) is 6.14. The molecule has 0 aliphatic carbocycles. The summed E-state index contributed by atoms with van der Waals surface area (Å²) in [5.74, 6) is -0.377. The second-order valence-electron chi connectivity index (χ2n) is 4.26. The summed E-state index contributed by atoms with van der Waals surface area (Å²) in [6, 6.07) is 12.9. The predicted molar refractivity (Wildman–Crippen MR) is 81.6 cm³/mol. The maximum absolute atomic E-state index is 11.8. The summed E-state index contributed by atoms with van der Waals surface area (Å²) in [5.41, 5.74) is 7.07. The summed E-state index contributed by atoms with van der Waals surface area (Å²) in [6.07, 6.45) is 2.66. The van der Waals surface area contributed by atoms with Gasteiger partial charge < -0.3 is 11.1 Å². The van der Waals surface area contributed by atoms with E-state index in [9.17, 15) is 14.9 Å². The minimum atomic E-state index is -0.489. The topological polar surface area (TPSA) is 98.3 Å². The molecular formula is C15H13N3O3. The normalized spacial score (nSPS) is 10.5. The highest BCUT2D eigenvalue weighted by atomic mass is 16.6. The number of anilines is 2. The molecule has 0 saturated carbocycles. The smallest absolute Gasteiger partial charge is 0.276 e. The monoisotopic (exact) mass is 283 g/mol. The third-order valence-electron chi connectivity index (χ3n) is 2.73. The minimum Gasteiger partial charge on any atom is -0.399 e. The number of amides is 1. The van der Waals surface area contributed by atoms with Gasteiger partial charge in [-0.3, -0.25) is 14.9 Å².